The first-order chi connectivity index (χ1) is 10.7. The van der Waals surface area contributed by atoms with E-state index in [-0.39, 0.29) is 5.92 Å². The molecule has 0 aliphatic heterocycles. The molecule has 126 valence electrons. The lowest BCUT2D eigenvalue weighted by molar-refractivity contribution is -0.142. The number of carboxylic acids is 1. The Labute approximate surface area is 137 Å². The summed E-state index contributed by atoms with van der Waals surface area (Å²) in [6.45, 7) is 4.16. The van der Waals surface area contributed by atoms with Crippen LogP contribution >= 0.6 is 0 Å². The molecule has 0 heterocycles. The number of aliphatic carboxylic acids is 1. The molecule has 0 fully saturated rings. The van der Waals surface area contributed by atoms with Crippen molar-refractivity contribution in [1.29, 1.82) is 0 Å². The largest absolute Gasteiger partial charge is 0.481 e. The maximum Gasteiger partial charge on any atom is 0.306 e. The van der Waals surface area contributed by atoms with Crippen molar-refractivity contribution in [2.75, 3.05) is 0 Å². The first kappa shape index (κ1) is 20.7. The first-order valence-electron chi connectivity index (χ1n) is 8.93. The summed E-state index contributed by atoms with van der Waals surface area (Å²) >= 11 is 0. The van der Waals surface area contributed by atoms with Gasteiger partial charge in [0.1, 0.15) is 0 Å². The second-order valence-corrected chi connectivity index (χ2v) is 5.82. The summed E-state index contributed by atoms with van der Waals surface area (Å²) in [5.74, 6) is -0.781. The van der Waals surface area contributed by atoms with E-state index in [1.165, 1.54) is 32.1 Å². The molecule has 1 N–H and O–H groups in total. The normalized spacial score (nSPS) is 13.5. The van der Waals surface area contributed by atoms with Gasteiger partial charge in [0.15, 0.2) is 0 Å². The van der Waals surface area contributed by atoms with E-state index < -0.39 is 5.97 Å². The summed E-state index contributed by atoms with van der Waals surface area (Å²) in [5, 5.41) is 8.96. The average Bonchev–Trinajstić information content (AvgIpc) is 2.51. The van der Waals surface area contributed by atoms with Crippen molar-refractivity contribution >= 4 is 5.97 Å². The van der Waals surface area contributed by atoms with Crippen molar-refractivity contribution in [2.45, 2.75) is 78.1 Å². The van der Waals surface area contributed by atoms with Crippen LogP contribution in [0.15, 0.2) is 36.5 Å². The lowest BCUT2D eigenvalue weighted by atomic mass is 9.98. The predicted molar refractivity (Wildman–Crippen MR) is 96.1 cm³/mol. The zero-order valence-corrected chi connectivity index (χ0v) is 14.5. The zero-order chi connectivity index (χ0) is 16.5. The number of rotatable bonds is 14. The maximum atomic E-state index is 10.9. The third kappa shape index (κ3) is 13.7. The summed E-state index contributed by atoms with van der Waals surface area (Å²) in [6, 6.07) is 0. The minimum Gasteiger partial charge on any atom is -0.481 e. The third-order valence-electron chi connectivity index (χ3n) is 3.85. The van der Waals surface area contributed by atoms with Crippen LogP contribution in [0.2, 0.25) is 0 Å². The Bertz CT molecular complexity index is 340. The number of unbranched alkanes of at least 4 members (excludes halogenated alkanes) is 6. The Morgan fingerprint density at radius 2 is 1.45 bits per heavy atom. The van der Waals surface area contributed by atoms with Crippen molar-refractivity contribution in [1.82, 2.24) is 0 Å². The van der Waals surface area contributed by atoms with Gasteiger partial charge in [0, 0.05) is 0 Å². The molecule has 0 saturated heterocycles. The van der Waals surface area contributed by atoms with Gasteiger partial charge in [-0.1, -0.05) is 82.4 Å². The topological polar surface area (TPSA) is 37.3 Å². The van der Waals surface area contributed by atoms with Crippen molar-refractivity contribution in [3.63, 3.8) is 0 Å². The molecule has 2 nitrogen and oxygen atoms in total. The van der Waals surface area contributed by atoms with E-state index in [9.17, 15) is 4.79 Å². The van der Waals surface area contributed by atoms with Crippen LogP contribution in [0.5, 0.6) is 0 Å². The van der Waals surface area contributed by atoms with E-state index in [4.69, 9.17) is 5.11 Å². The molecule has 1 atom stereocenters. The zero-order valence-electron chi connectivity index (χ0n) is 14.5. The summed E-state index contributed by atoms with van der Waals surface area (Å²) in [4.78, 5) is 10.9. The lowest BCUT2D eigenvalue weighted by Crippen LogP contribution is -2.12. The van der Waals surface area contributed by atoms with E-state index in [2.05, 4.69) is 43.4 Å². The minimum absolute atomic E-state index is 0.143. The number of hydrogen-bond acceptors (Lipinski definition) is 1. The van der Waals surface area contributed by atoms with Crippen LogP contribution in [0.25, 0.3) is 0 Å². The van der Waals surface area contributed by atoms with E-state index in [0.29, 0.717) is 0 Å². The van der Waals surface area contributed by atoms with Gasteiger partial charge in [-0.05, 0) is 32.1 Å². The Morgan fingerprint density at radius 1 is 0.864 bits per heavy atom. The van der Waals surface area contributed by atoms with Crippen molar-refractivity contribution in [3.05, 3.63) is 36.5 Å². The average molecular weight is 306 g/mol. The molecule has 0 amide bonds. The van der Waals surface area contributed by atoms with Crippen LogP contribution in [0.1, 0.15) is 78.1 Å². The van der Waals surface area contributed by atoms with E-state index in [1.54, 1.807) is 0 Å². The van der Waals surface area contributed by atoms with Crippen LogP contribution in [-0.4, -0.2) is 11.1 Å². The molecule has 0 saturated carbocycles. The van der Waals surface area contributed by atoms with Crippen LogP contribution in [0.4, 0.5) is 0 Å². The minimum atomic E-state index is -0.638. The SMILES string of the molecule is CCCC\C=C/C=C/C=C\CCCCCCC(CC)C(=O)O. The van der Waals surface area contributed by atoms with Gasteiger partial charge in [-0.2, -0.15) is 0 Å². The molecule has 0 spiro atoms. The van der Waals surface area contributed by atoms with E-state index in [0.717, 1.165) is 32.1 Å². The predicted octanol–water partition coefficient (Wildman–Crippen LogP) is 6.30. The smallest absolute Gasteiger partial charge is 0.306 e. The molecule has 0 aliphatic carbocycles. The fourth-order valence-corrected chi connectivity index (χ4v) is 2.31. The Morgan fingerprint density at radius 3 is 2.00 bits per heavy atom. The Kier molecular flexibility index (Phi) is 15.1. The van der Waals surface area contributed by atoms with Crippen LogP contribution in [-0.2, 0) is 4.79 Å². The van der Waals surface area contributed by atoms with Gasteiger partial charge in [-0.15, -0.1) is 0 Å². The van der Waals surface area contributed by atoms with E-state index >= 15 is 0 Å². The number of hydrogen-bond donors (Lipinski definition) is 1. The lowest BCUT2D eigenvalue weighted by Gasteiger charge is -2.08. The number of carbonyl (C=O) groups is 1. The van der Waals surface area contributed by atoms with Gasteiger partial charge in [0.2, 0.25) is 0 Å². The summed E-state index contributed by atoms with van der Waals surface area (Å²) in [7, 11) is 0. The Hall–Kier alpha value is -1.31. The molecule has 0 rings (SSSR count). The summed E-state index contributed by atoms with van der Waals surface area (Å²) in [5.41, 5.74) is 0. The first-order valence-corrected chi connectivity index (χ1v) is 8.93. The fraction of sp³-hybridized carbons (Fsp3) is 0.650. The van der Waals surface area contributed by atoms with Crippen molar-refractivity contribution in [3.8, 4) is 0 Å². The highest BCUT2D eigenvalue weighted by molar-refractivity contribution is 5.69. The van der Waals surface area contributed by atoms with Gasteiger partial charge in [0.25, 0.3) is 0 Å². The van der Waals surface area contributed by atoms with Gasteiger partial charge in [-0.25, -0.2) is 0 Å². The van der Waals surface area contributed by atoms with E-state index in [1.807, 2.05) is 6.92 Å². The summed E-state index contributed by atoms with van der Waals surface area (Å²) in [6.07, 6.45) is 23.8. The van der Waals surface area contributed by atoms with Gasteiger partial charge in [0.05, 0.1) is 5.92 Å². The standard InChI is InChI=1S/C20H34O2/c1-3-5-6-7-8-9-10-11-12-13-14-15-16-17-18-19(4-2)20(21)22/h7-12,19H,3-6,13-18H2,1-2H3,(H,21,22)/b8-7-,10-9+,12-11-. The number of carboxylic acid groups (broad SMARTS) is 1. The van der Waals surface area contributed by atoms with Gasteiger partial charge in [-0.3, -0.25) is 4.79 Å². The second-order valence-electron chi connectivity index (χ2n) is 5.82. The molecule has 0 aliphatic rings. The fourth-order valence-electron chi connectivity index (χ4n) is 2.31. The third-order valence-corrected chi connectivity index (χ3v) is 3.85. The maximum absolute atomic E-state index is 10.9. The van der Waals surface area contributed by atoms with Crippen LogP contribution in [0, 0.1) is 5.92 Å². The van der Waals surface area contributed by atoms with Crippen LogP contribution < -0.4 is 0 Å². The molecular formula is C20H34O2. The molecule has 1 unspecified atom stereocenters. The van der Waals surface area contributed by atoms with Crippen LogP contribution in [0.3, 0.4) is 0 Å². The van der Waals surface area contributed by atoms with Crippen molar-refractivity contribution < 1.29 is 9.90 Å². The molecule has 0 aromatic heterocycles. The quantitative estimate of drug-likeness (QED) is 0.302. The molecule has 0 aromatic rings. The summed E-state index contributed by atoms with van der Waals surface area (Å²) < 4.78 is 0. The van der Waals surface area contributed by atoms with Crippen molar-refractivity contribution in [2.24, 2.45) is 5.92 Å². The van der Waals surface area contributed by atoms with Gasteiger partial charge >= 0.3 is 5.97 Å². The second kappa shape index (κ2) is 16.1. The monoisotopic (exact) mass is 306 g/mol. The highest BCUT2D eigenvalue weighted by Gasteiger charge is 2.13. The molecular weight excluding hydrogens is 272 g/mol. The Balaban J connectivity index is 3.45. The molecule has 22 heavy (non-hydrogen) atoms. The molecule has 2 heteroatoms. The highest BCUT2D eigenvalue weighted by Crippen LogP contribution is 2.14. The van der Waals surface area contributed by atoms with Gasteiger partial charge < -0.3 is 5.11 Å². The highest BCUT2D eigenvalue weighted by atomic mass is 16.4. The molecule has 0 radical (unpaired) electrons. The molecule has 0 bridgehead atoms. The molecule has 0 aromatic carbocycles. The number of allylic oxidation sites excluding steroid dienone is 6.